The van der Waals surface area contributed by atoms with Crippen LogP contribution in [0.4, 0.5) is 0 Å². The highest BCUT2D eigenvalue weighted by Gasteiger charge is 1.85. The zero-order chi connectivity index (χ0) is 11.1. The Bertz CT molecular complexity index is 381. The molecule has 0 aliphatic heterocycles. The van der Waals surface area contributed by atoms with Crippen molar-refractivity contribution in [2.24, 2.45) is 0 Å². The summed E-state index contributed by atoms with van der Waals surface area (Å²) in [4.78, 5) is 0. The van der Waals surface area contributed by atoms with Crippen molar-refractivity contribution in [3.05, 3.63) is 65.2 Å². The van der Waals surface area contributed by atoms with Crippen LogP contribution in [0, 0.1) is 6.92 Å². The van der Waals surface area contributed by atoms with Gasteiger partial charge >= 0.3 is 0 Å². The van der Waals surface area contributed by atoms with Gasteiger partial charge in [0.15, 0.2) is 0 Å². The molecule has 2 aromatic rings. The molecule has 15 heavy (non-hydrogen) atoms. The average molecular weight is 221 g/mol. The fraction of sp³-hybridized carbons (Fsp3) is 0.0769. The third kappa shape index (κ3) is 5.08. The van der Waals surface area contributed by atoms with Crippen LogP contribution in [0.3, 0.4) is 0 Å². The first-order chi connectivity index (χ1) is 7.18. The second-order valence-corrected chi connectivity index (χ2v) is 3.57. The van der Waals surface area contributed by atoms with Crippen LogP contribution in [-0.2, 0) is 0 Å². The lowest BCUT2D eigenvalue weighted by atomic mass is 10.2. The van der Waals surface area contributed by atoms with Crippen LogP contribution in [0.1, 0.15) is 5.56 Å². The van der Waals surface area contributed by atoms with Crippen LogP contribution in [0.15, 0.2) is 54.6 Å². The number of rotatable bonds is 0. The third-order valence-corrected chi connectivity index (χ3v) is 1.98. The number of hydrogen-bond donors (Lipinski definition) is 1. The first-order valence-electron chi connectivity index (χ1n) is 4.64. The summed E-state index contributed by atoms with van der Waals surface area (Å²) < 4.78 is 0. The van der Waals surface area contributed by atoms with E-state index in [2.05, 4.69) is 19.1 Å². The molecule has 0 amide bonds. The Morgan fingerprint density at radius 1 is 0.933 bits per heavy atom. The van der Waals surface area contributed by atoms with Crippen molar-refractivity contribution in [1.29, 1.82) is 0 Å². The van der Waals surface area contributed by atoms with Gasteiger partial charge < -0.3 is 5.11 Å². The highest BCUT2D eigenvalue weighted by molar-refractivity contribution is 6.30. The van der Waals surface area contributed by atoms with Crippen LogP contribution in [0.2, 0.25) is 5.02 Å². The van der Waals surface area contributed by atoms with Gasteiger partial charge in [-0.3, -0.25) is 0 Å². The predicted octanol–water partition coefficient (Wildman–Crippen LogP) is 4.04. The van der Waals surface area contributed by atoms with Crippen molar-refractivity contribution in [2.45, 2.75) is 6.92 Å². The van der Waals surface area contributed by atoms with Gasteiger partial charge in [-0.25, -0.2) is 0 Å². The molecule has 0 saturated carbocycles. The molecule has 0 aliphatic rings. The lowest BCUT2D eigenvalue weighted by molar-refractivity contribution is 0.475. The molecule has 1 nitrogen and oxygen atoms in total. The van der Waals surface area contributed by atoms with E-state index < -0.39 is 0 Å². The highest BCUT2D eigenvalue weighted by Crippen LogP contribution is 2.14. The van der Waals surface area contributed by atoms with Crippen LogP contribution in [-0.4, -0.2) is 5.11 Å². The van der Waals surface area contributed by atoms with Crippen LogP contribution in [0.5, 0.6) is 5.75 Å². The quantitative estimate of drug-likeness (QED) is 0.711. The van der Waals surface area contributed by atoms with Crippen molar-refractivity contribution in [3.8, 4) is 5.75 Å². The third-order valence-electron chi connectivity index (χ3n) is 1.75. The molecular formula is C13H13ClO. The van der Waals surface area contributed by atoms with Crippen molar-refractivity contribution >= 4 is 11.6 Å². The molecule has 0 aliphatic carbocycles. The van der Waals surface area contributed by atoms with Crippen molar-refractivity contribution in [3.63, 3.8) is 0 Å². The van der Waals surface area contributed by atoms with E-state index in [1.54, 1.807) is 18.2 Å². The van der Waals surface area contributed by atoms with Gasteiger partial charge in [0, 0.05) is 5.02 Å². The Morgan fingerprint density at radius 2 is 1.60 bits per heavy atom. The number of hydrogen-bond acceptors (Lipinski definition) is 1. The molecule has 0 saturated heterocycles. The molecule has 0 aromatic heterocycles. The SMILES string of the molecule is Cc1ccccc1.Oc1cccc(Cl)c1. The summed E-state index contributed by atoms with van der Waals surface area (Å²) in [7, 11) is 0. The van der Waals surface area contributed by atoms with Gasteiger partial charge in [-0.05, 0) is 25.1 Å². The molecule has 2 rings (SSSR count). The Labute approximate surface area is 95.0 Å². The fourth-order valence-electron chi connectivity index (χ4n) is 1.01. The summed E-state index contributed by atoms with van der Waals surface area (Å²) in [6.07, 6.45) is 0. The van der Waals surface area contributed by atoms with Gasteiger partial charge in [0.25, 0.3) is 0 Å². The number of benzene rings is 2. The van der Waals surface area contributed by atoms with Gasteiger partial charge in [-0.15, -0.1) is 0 Å². The standard InChI is InChI=1S/C7H8.C6H5ClO/c1-7-5-3-2-4-6-7;7-5-2-1-3-6(8)4-5/h2-6H,1H3;1-4,8H. The van der Waals surface area contributed by atoms with Gasteiger partial charge in [0.2, 0.25) is 0 Å². The van der Waals surface area contributed by atoms with Gasteiger partial charge in [0.1, 0.15) is 5.75 Å². The fourth-order valence-corrected chi connectivity index (χ4v) is 1.20. The van der Waals surface area contributed by atoms with Crippen LogP contribution >= 0.6 is 11.6 Å². The maximum atomic E-state index is 8.73. The second kappa shape index (κ2) is 6.10. The topological polar surface area (TPSA) is 20.2 Å². The monoisotopic (exact) mass is 220 g/mol. The normalized spacial score (nSPS) is 8.93. The predicted molar refractivity (Wildman–Crippen MR) is 64.3 cm³/mol. The van der Waals surface area contributed by atoms with E-state index in [0.717, 1.165) is 0 Å². The Hall–Kier alpha value is -1.47. The zero-order valence-electron chi connectivity index (χ0n) is 8.52. The maximum Gasteiger partial charge on any atom is 0.117 e. The van der Waals surface area contributed by atoms with E-state index in [1.165, 1.54) is 11.6 Å². The Kier molecular flexibility index (Phi) is 4.72. The number of phenolic OH excluding ortho intramolecular Hbond substituents is 1. The van der Waals surface area contributed by atoms with Crippen molar-refractivity contribution in [2.75, 3.05) is 0 Å². The molecule has 0 unspecified atom stereocenters. The second-order valence-electron chi connectivity index (χ2n) is 3.13. The summed E-state index contributed by atoms with van der Waals surface area (Å²) in [5, 5.41) is 9.29. The highest BCUT2D eigenvalue weighted by atomic mass is 35.5. The van der Waals surface area contributed by atoms with Crippen LogP contribution < -0.4 is 0 Å². The minimum Gasteiger partial charge on any atom is -0.508 e. The molecule has 0 spiro atoms. The lowest BCUT2D eigenvalue weighted by Crippen LogP contribution is -1.62. The molecule has 1 N–H and O–H groups in total. The van der Waals surface area contributed by atoms with E-state index in [4.69, 9.17) is 16.7 Å². The smallest absolute Gasteiger partial charge is 0.117 e. The molecular weight excluding hydrogens is 208 g/mol. The molecule has 0 atom stereocenters. The maximum absolute atomic E-state index is 8.73. The number of aryl methyl sites for hydroxylation is 1. The molecule has 0 heterocycles. The van der Waals surface area contributed by atoms with E-state index in [-0.39, 0.29) is 5.75 Å². The van der Waals surface area contributed by atoms with E-state index in [1.807, 2.05) is 18.2 Å². The molecule has 0 radical (unpaired) electrons. The van der Waals surface area contributed by atoms with E-state index in [9.17, 15) is 0 Å². The number of halogens is 1. The van der Waals surface area contributed by atoms with Gasteiger partial charge in [-0.1, -0.05) is 53.6 Å². The molecule has 0 bridgehead atoms. The van der Waals surface area contributed by atoms with E-state index in [0.29, 0.717) is 5.02 Å². The average Bonchev–Trinajstić information content (AvgIpc) is 2.19. The first-order valence-corrected chi connectivity index (χ1v) is 5.02. The van der Waals surface area contributed by atoms with Gasteiger partial charge in [-0.2, -0.15) is 0 Å². The molecule has 0 fully saturated rings. The summed E-state index contributed by atoms with van der Waals surface area (Å²) in [5.74, 6) is 0.206. The van der Waals surface area contributed by atoms with Crippen molar-refractivity contribution < 1.29 is 5.11 Å². The summed E-state index contributed by atoms with van der Waals surface area (Å²) in [6.45, 7) is 2.08. The number of aromatic hydroxyl groups is 1. The summed E-state index contributed by atoms with van der Waals surface area (Å²) in [5.41, 5.74) is 1.32. The summed E-state index contributed by atoms with van der Waals surface area (Å²) >= 11 is 5.48. The molecule has 2 aromatic carbocycles. The minimum absolute atomic E-state index is 0.206. The largest absolute Gasteiger partial charge is 0.508 e. The minimum atomic E-state index is 0.206. The number of phenols is 1. The first kappa shape index (κ1) is 11.6. The summed E-state index contributed by atoms with van der Waals surface area (Å²) in [6, 6.07) is 16.7. The molecule has 78 valence electrons. The van der Waals surface area contributed by atoms with E-state index >= 15 is 0 Å². The Morgan fingerprint density at radius 3 is 1.93 bits per heavy atom. The molecule has 2 heteroatoms. The zero-order valence-corrected chi connectivity index (χ0v) is 9.28. The Balaban J connectivity index is 0.000000151. The van der Waals surface area contributed by atoms with Gasteiger partial charge in [0.05, 0.1) is 0 Å². The lowest BCUT2D eigenvalue weighted by Gasteiger charge is -1.88. The van der Waals surface area contributed by atoms with Crippen LogP contribution in [0.25, 0.3) is 0 Å². The van der Waals surface area contributed by atoms with Crippen molar-refractivity contribution in [1.82, 2.24) is 0 Å².